The second-order valence-electron chi connectivity index (χ2n) is 12.1. The minimum atomic E-state index is 0.647. The Hall–Kier alpha value is -6.45. The van der Waals surface area contributed by atoms with Gasteiger partial charge in [0.1, 0.15) is 0 Å². The van der Waals surface area contributed by atoms with Gasteiger partial charge in [0.15, 0.2) is 17.5 Å². The molecule has 0 fully saturated rings. The molecule has 0 radical (unpaired) electrons. The quantitative estimate of drug-likeness (QED) is 0.194. The Morgan fingerprint density at radius 3 is 1.50 bits per heavy atom. The third-order valence-electron chi connectivity index (χ3n) is 9.10. The van der Waals surface area contributed by atoms with Crippen molar-refractivity contribution in [1.82, 2.24) is 15.0 Å². The van der Waals surface area contributed by atoms with Crippen molar-refractivity contribution in [2.24, 2.45) is 0 Å². The van der Waals surface area contributed by atoms with Crippen molar-refractivity contribution in [3.63, 3.8) is 0 Å². The van der Waals surface area contributed by atoms with Crippen LogP contribution in [-0.4, -0.2) is 15.0 Å². The number of rotatable bonds is 5. The lowest BCUT2D eigenvalue weighted by Crippen LogP contribution is -2.01. The van der Waals surface area contributed by atoms with Crippen molar-refractivity contribution in [3.8, 4) is 56.4 Å². The van der Waals surface area contributed by atoms with Crippen LogP contribution in [0.2, 0.25) is 0 Å². The molecular weight excluding hydrogens is 583 g/mol. The lowest BCUT2D eigenvalue weighted by Gasteiger charge is -2.13. The van der Waals surface area contributed by atoms with E-state index in [2.05, 4.69) is 146 Å². The van der Waals surface area contributed by atoms with Crippen LogP contribution in [0.3, 0.4) is 0 Å². The highest BCUT2D eigenvalue weighted by Gasteiger charge is 2.17. The molecule has 1 heterocycles. The zero-order valence-corrected chi connectivity index (χ0v) is 26.1. The second-order valence-corrected chi connectivity index (χ2v) is 12.1. The minimum absolute atomic E-state index is 0.647. The first-order chi connectivity index (χ1) is 23.8. The van der Waals surface area contributed by atoms with Crippen molar-refractivity contribution in [2.75, 3.05) is 0 Å². The minimum Gasteiger partial charge on any atom is -0.208 e. The van der Waals surface area contributed by atoms with Gasteiger partial charge in [-0.3, -0.25) is 0 Å². The maximum absolute atomic E-state index is 5.14. The van der Waals surface area contributed by atoms with Crippen LogP contribution < -0.4 is 0 Å². The molecule has 0 bridgehead atoms. The monoisotopic (exact) mass is 611 g/mol. The molecule has 8 aromatic carbocycles. The normalized spacial score (nSPS) is 11.3. The molecule has 0 amide bonds. The van der Waals surface area contributed by atoms with E-state index in [1.54, 1.807) is 0 Å². The summed E-state index contributed by atoms with van der Waals surface area (Å²) >= 11 is 0. The maximum atomic E-state index is 5.14. The van der Waals surface area contributed by atoms with Gasteiger partial charge in [0.2, 0.25) is 0 Å². The highest BCUT2D eigenvalue weighted by atomic mass is 15.0. The van der Waals surface area contributed by atoms with E-state index < -0.39 is 0 Å². The third kappa shape index (κ3) is 5.08. The van der Waals surface area contributed by atoms with Crippen molar-refractivity contribution < 1.29 is 0 Å². The second kappa shape index (κ2) is 11.7. The average Bonchev–Trinajstić information content (AvgIpc) is 3.17. The van der Waals surface area contributed by atoms with Crippen molar-refractivity contribution in [1.29, 1.82) is 0 Å². The fraction of sp³-hybridized carbons (Fsp3) is 0. The molecule has 0 N–H and O–H groups in total. The number of aromatic nitrogens is 3. The molecule has 3 nitrogen and oxygen atoms in total. The smallest absolute Gasteiger partial charge is 0.164 e. The summed E-state index contributed by atoms with van der Waals surface area (Å²) in [7, 11) is 0. The Labute approximate surface area is 278 Å². The molecule has 0 aliphatic rings. The largest absolute Gasteiger partial charge is 0.208 e. The van der Waals surface area contributed by atoms with Gasteiger partial charge in [-0.1, -0.05) is 158 Å². The van der Waals surface area contributed by atoms with E-state index in [1.807, 2.05) is 30.3 Å². The van der Waals surface area contributed by atoms with Gasteiger partial charge in [0.05, 0.1) is 0 Å². The van der Waals surface area contributed by atoms with Gasteiger partial charge in [0.25, 0.3) is 0 Å². The molecule has 0 atom stereocenters. The van der Waals surface area contributed by atoms with E-state index >= 15 is 0 Å². The highest BCUT2D eigenvalue weighted by molar-refractivity contribution is 5.97. The van der Waals surface area contributed by atoms with Crippen molar-refractivity contribution >= 4 is 32.3 Å². The maximum Gasteiger partial charge on any atom is 0.164 e. The molecule has 0 saturated heterocycles. The first kappa shape index (κ1) is 27.8. The van der Waals surface area contributed by atoms with E-state index in [4.69, 9.17) is 15.0 Å². The molecule has 48 heavy (non-hydrogen) atoms. The molecule has 3 heteroatoms. The Kier molecular flexibility index (Phi) is 6.80. The fourth-order valence-corrected chi connectivity index (χ4v) is 6.65. The number of nitrogens with zero attached hydrogens (tertiary/aromatic N) is 3. The molecule has 1 aromatic heterocycles. The number of benzene rings is 8. The number of hydrogen-bond acceptors (Lipinski definition) is 3. The third-order valence-corrected chi connectivity index (χ3v) is 9.10. The summed E-state index contributed by atoms with van der Waals surface area (Å²) in [6, 6.07) is 61.8. The number of fused-ring (bicyclic) bond motifs is 3. The van der Waals surface area contributed by atoms with Gasteiger partial charge in [-0.25, -0.2) is 15.0 Å². The Morgan fingerprint density at radius 1 is 0.250 bits per heavy atom. The topological polar surface area (TPSA) is 38.7 Å². The first-order valence-corrected chi connectivity index (χ1v) is 16.2. The van der Waals surface area contributed by atoms with E-state index in [0.29, 0.717) is 17.5 Å². The zero-order valence-electron chi connectivity index (χ0n) is 26.1. The van der Waals surface area contributed by atoms with E-state index in [9.17, 15) is 0 Å². The van der Waals surface area contributed by atoms with Gasteiger partial charge >= 0.3 is 0 Å². The molecule has 9 rings (SSSR count). The van der Waals surface area contributed by atoms with Crippen LogP contribution in [-0.2, 0) is 0 Å². The Bertz CT molecular complexity index is 2620. The van der Waals surface area contributed by atoms with E-state index in [-0.39, 0.29) is 0 Å². The van der Waals surface area contributed by atoms with Gasteiger partial charge in [-0.2, -0.15) is 0 Å². The zero-order chi connectivity index (χ0) is 31.9. The lowest BCUT2D eigenvalue weighted by molar-refractivity contribution is 1.08. The summed E-state index contributed by atoms with van der Waals surface area (Å²) in [6.45, 7) is 0. The summed E-state index contributed by atoms with van der Waals surface area (Å²) < 4.78 is 0. The lowest BCUT2D eigenvalue weighted by atomic mass is 9.94. The molecule has 0 unspecified atom stereocenters. The predicted molar refractivity (Wildman–Crippen MR) is 200 cm³/mol. The molecule has 0 saturated carbocycles. The summed E-state index contributed by atoms with van der Waals surface area (Å²) in [5, 5.41) is 7.15. The predicted octanol–water partition coefficient (Wildman–Crippen LogP) is 11.7. The van der Waals surface area contributed by atoms with E-state index in [1.165, 1.54) is 32.7 Å². The molecule has 9 aromatic rings. The summed E-state index contributed by atoms with van der Waals surface area (Å²) in [6.07, 6.45) is 0. The van der Waals surface area contributed by atoms with Gasteiger partial charge in [-0.05, 0) is 72.8 Å². The van der Waals surface area contributed by atoms with Crippen LogP contribution in [0.1, 0.15) is 0 Å². The number of hydrogen-bond donors (Lipinski definition) is 0. The molecular formula is C45H29N3. The van der Waals surface area contributed by atoms with Gasteiger partial charge in [0, 0.05) is 16.7 Å². The first-order valence-electron chi connectivity index (χ1n) is 16.2. The molecule has 0 aliphatic carbocycles. The van der Waals surface area contributed by atoms with Crippen molar-refractivity contribution in [3.05, 3.63) is 176 Å². The summed E-state index contributed by atoms with van der Waals surface area (Å²) in [5.74, 6) is 1.96. The average molecular weight is 612 g/mol. The highest BCUT2D eigenvalue weighted by Crippen LogP contribution is 2.36. The molecule has 0 aliphatic heterocycles. The van der Waals surface area contributed by atoms with Crippen molar-refractivity contribution in [2.45, 2.75) is 0 Å². The van der Waals surface area contributed by atoms with Crippen LogP contribution in [0.25, 0.3) is 88.7 Å². The summed E-state index contributed by atoms with van der Waals surface area (Å²) in [5.41, 5.74) is 7.52. The van der Waals surface area contributed by atoms with Gasteiger partial charge in [-0.15, -0.1) is 0 Å². The van der Waals surface area contributed by atoms with Crippen LogP contribution in [0.15, 0.2) is 176 Å². The fourth-order valence-electron chi connectivity index (χ4n) is 6.65. The summed E-state index contributed by atoms with van der Waals surface area (Å²) in [4.78, 5) is 15.2. The van der Waals surface area contributed by atoms with Crippen LogP contribution in [0.4, 0.5) is 0 Å². The van der Waals surface area contributed by atoms with Crippen LogP contribution in [0, 0.1) is 0 Å². The Morgan fingerprint density at radius 2 is 0.729 bits per heavy atom. The van der Waals surface area contributed by atoms with E-state index in [0.717, 1.165) is 38.6 Å². The van der Waals surface area contributed by atoms with Gasteiger partial charge < -0.3 is 0 Å². The Balaban J connectivity index is 1.16. The van der Waals surface area contributed by atoms with Crippen LogP contribution in [0.5, 0.6) is 0 Å². The SMILES string of the molecule is c1ccc(-c2nc(-c3ccccc3-c3ccc4cc(-c5ccc6ccccc6c5)ccc4c3)nc(-c3cccc4ccccc34)n2)cc1. The molecule has 224 valence electrons. The standard InChI is InChI=1S/C45H29N3/c1-2-13-32(14-3-1)43-46-44(48-45(47-43)42-20-10-16-31-12-6-7-17-39(31)42)41-19-9-8-18-40(41)38-26-25-36-28-35(23-24-37(36)29-38)34-22-21-30-11-4-5-15-33(30)27-34/h1-29H. The molecule has 0 spiro atoms. The van der Waals surface area contributed by atoms with Crippen LogP contribution >= 0.6 is 0 Å².